The summed E-state index contributed by atoms with van der Waals surface area (Å²) in [6, 6.07) is 10.5. The van der Waals surface area contributed by atoms with E-state index in [-0.39, 0.29) is 6.79 Å². The number of benzene rings is 2. The van der Waals surface area contributed by atoms with Crippen LogP contribution in [0, 0.1) is 0 Å². The normalized spacial score (nSPS) is 12.7. The largest absolute Gasteiger partial charge is 0.454 e. The van der Waals surface area contributed by atoms with Gasteiger partial charge in [0.25, 0.3) is 0 Å². The van der Waals surface area contributed by atoms with E-state index in [1.54, 1.807) is 12.1 Å². The molecule has 1 aliphatic heterocycles. The summed E-state index contributed by atoms with van der Waals surface area (Å²) in [6.07, 6.45) is 0. The van der Waals surface area contributed by atoms with E-state index in [1.807, 2.05) is 23.6 Å². The molecule has 4 aromatic rings. The zero-order valence-corrected chi connectivity index (χ0v) is 15.8. The van der Waals surface area contributed by atoms with Crippen LogP contribution in [-0.2, 0) is 0 Å². The zero-order valence-electron chi connectivity index (χ0n) is 13.5. The Morgan fingerprint density at radius 1 is 1.04 bits per heavy atom. The minimum absolute atomic E-state index is 0.213. The van der Waals surface area contributed by atoms with E-state index >= 15 is 0 Å². The van der Waals surface area contributed by atoms with Crippen molar-refractivity contribution in [1.82, 2.24) is 4.98 Å². The number of aromatic nitrogens is 1. The zero-order chi connectivity index (χ0) is 18.5. The highest BCUT2D eigenvalue weighted by Gasteiger charge is 2.17. The van der Waals surface area contributed by atoms with Gasteiger partial charge in [-0.05, 0) is 36.4 Å². The lowest BCUT2D eigenvalue weighted by atomic mass is 10.1. The summed E-state index contributed by atoms with van der Waals surface area (Å²) in [6.45, 7) is 0.213. The molecular formula is C19H9Cl2NO4S. The van der Waals surface area contributed by atoms with Crippen LogP contribution in [0.2, 0.25) is 10.0 Å². The summed E-state index contributed by atoms with van der Waals surface area (Å²) >= 11 is 13.5. The number of rotatable bonds is 2. The minimum atomic E-state index is -0.502. The van der Waals surface area contributed by atoms with Crippen LogP contribution in [-0.4, -0.2) is 11.8 Å². The van der Waals surface area contributed by atoms with Gasteiger partial charge in [0, 0.05) is 21.4 Å². The molecule has 0 N–H and O–H groups in total. The lowest BCUT2D eigenvalue weighted by Crippen LogP contribution is -2.02. The van der Waals surface area contributed by atoms with Gasteiger partial charge >= 0.3 is 5.63 Å². The molecule has 0 unspecified atom stereocenters. The van der Waals surface area contributed by atoms with Crippen LogP contribution in [0.5, 0.6) is 11.5 Å². The quantitative estimate of drug-likeness (QED) is 0.396. The molecule has 8 heteroatoms. The average molecular weight is 418 g/mol. The summed E-state index contributed by atoms with van der Waals surface area (Å²) in [5.74, 6) is 1.38. The van der Waals surface area contributed by atoms with E-state index < -0.39 is 5.63 Å². The Labute approximate surface area is 166 Å². The highest BCUT2D eigenvalue weighted by Crippen LogP contribution is 2.37. The van der Waals surface area contributed by atoms with Gasteiger partial charge in [-0.2, -0.15) is 0 Å². The van der Waals surface area contributed by atoms with Gasteiger partial charge in [0.15, 0.2) is 17.1 Å². The predicted molar refractivity (Wildman–Crippen MR) is 105 cm³/mol. The van der Waals surface area contributed by atoms with Gasteiger partial charge in [-0.3, -0.25) is 0 Å². The molecule has 0 aliphatic carbocycles. The van der Waals surface area contributed by atoms with E-state index in [9.17, 15) is 4.79 Å². The number of nitrogens with zero attached hydrogens (tertiary/aromatic N) is 1. The van der Waals surface area contributed by atoms with Crippen molar-refractivity contribution in [2.45, 2.75) is 0 Å². The maximum Gasteiger partial charge on any atom is 0.346 e. The van der Waals surface area contributed by atoms with E-state index in [0.29, 0.717) is 43.1 Å². The second-order valence-electron chi connectivity index (χ2n) is 5.86. The predicted octanol–water partition coefficient (Wildman–Crippen LogP) is 5.62. The Kier molecular flexibility index (Phi) is 3.86. The lowest BCUT2D eigenvalue weighted by Gasteiger charge is -2.02. The van der Waals surface area contributed by atoms with E-state index in [1.165, 1.54) is 17.4 Å². The molecule has 0 radical (unpaired) electrons. The molecule has 5 rings (SSSR count). The Hall–Kier alpha value is -2.54. The van der Waals surface area contributed by atoms with E-state index in [0.717, 1.165) is 11.3 Å². The monoisotopic (exact) mass is 417 g/mol. The van der Waals surface area contributed by atoms with Gasteiger partial charge in [-0.1, -0.05) is 23.2 Å². The molecule has 0 atom stereocenters. The van der Waals surface area contributed by atoms with Gasteiger partial charge in [0.2, 0.25) is 6.79 Å². The molecule has 0 bridgehead atoms. The first-order valence-corrected chi connectivity index (χ1v) is 9.51. The topological polar surface area (TPSA) is 61.6 Å². The minimum Gasteiger partial charge on any atom is -0.454 e. The second kappa shape index (κ2) is 6.27. The molecule has 0 fully saturated rings. The van der Waals surface area contributed by atoms with Crippen LogP contribution in [0.15, 0.2) is 51.0 Å². The molecule has 0 saturated heterocycles. The molecule has 134 valence electrons. The molecule has 0 spiro atoms. The van der Waals surface area contributed by atoms with Gasteiger partial charge in [-0.25, -0.2) is 9.78 Å². The number of thiazole rings is 1. The molecule has 0 amide bonds. The number of ether oxygens (including phenoxy) is 2. The average Bonchev–Trinajstić information content (AvgIpc) is 3.30. The standard InChI is InChI=1S/C19H9Cl2NO4S/c20-11-3-10-4-12(19(23)26-17(10)13(21)6-11)18-22-14(7-27-18)9-1-2-15-16(5-9)25-8-24-15/h1-7H,8H2. The highest BCUT2D eigenvalue weighted by atomic mass is 35.5. The fraction of sp³-hybridized carbons (Fsp3) is 0.0526. The Bertz CT molecular complexity index is 1260. The Balaban J connectivity index is 1.60. The lowest BCUT2D eigenvalue weighted by molar-refractivity contribution is 0.174. The maximum atomic E-state index is 12.4. The first-order valence-electron chi connectivity index (χ1n) is 7.87. The number of hydrogen-bond donors (Lipinski definition) is 0. The smallest absolute Gasteiger partial charge is 0.346 e. The highest BCUT2D eigenvalue weighted by molar-refractivity contribution is 7.13. The third-order valence-electron chi connectivity index (χ3n) is 4.15. The van der Waals surface area contributed by atoms with Crippen LogP contribution in [0.3, 0.4) is 0 Å². The van der Waals surface area contributed by atoms with Crippen molar-refractivity contribution < 1.29 is 13.9 Å². The third-order valence-corrected chi connectivity index (χ3v) is 5.53. The molecule has 0 saturated carbocycles. The second-order valence-corrected chi connectivity index (χ2v) is 7.56. The van der Waals surface area contributed by atoms with Crippen LogP contribution < -0.4 is 15.1 Å². The molecule has 1 aliphatic rings. The summed E-state index contributed by atoms with van der Waals surface area (Å²) in [4.78, 5) is 17.0. The van der Waals surface area contributed by atoms with Gasteiger partial charge in [-0.15, -0.1) is 11.3 Å². The molecule has 27 heavy (non-hydrogen) atoms. The van der Waals surface area contributed by atoms with Crippen molar-refractivity contribution in [2.75, 3.05) is 6.79 Å². The Morgan fingerprint density at radius 3 is 2.78 bits per heavy atom. The van der Waals surface area contributed by atoms with Gasteiger partial charge in [0.1, 0.15) is 5.01 Å². The number of halogens is 2. The number of hydrogen-bond acceptors (Lipinski definition) is 6. The van der Waals surface area contributed by atoms with Crippen molar-refractivity contribution in [2.24, 2.45) is 0 Å². The van der Waals surface area contributed by atoms with E-state index in [4.69, 9.17) is 37.1 Å². The molecule has 3 heterocycles. The maximum absolute atomic E-state index is 12.4. The Morgan fingerprint density at radius 2 is 1.89 bits per heavy atom. The van der Waals surface area contributed by atoms with Crippen molar-refractivity contribution in [3.8, 4) is 33.3 Å². The van der Waals surface area contributed by atoms with Gasteiger partial charge in [0.05, 0.1) is 16.3 Å². The van der Waals surface area contributed by atoms with Crippen molar-refractivity contribution in [3.63, 3.8) is 0 Å². The fourth-order valence-electron chi connectivity index (χ4n) is 2.89. The van der Waals surface area contributed by atoms with Crippen LogP contribution >= 0.6 is 34.5 Å². The molecule has 2 aromatic carbocycles. The van der Waals surface area contributed by atoms with Crippen molar-refractivity contribution >= 4 is 45.5 Å². The summed E-state index contributed by atoms with van der Waals surface area (Å²) in [5.41, 5.74) is 1.77. The fourth-order valence-corrected chi connectivity index (χ4v) is 4.27. The number of fused-ring (bicyclic) bond motifs is 2. The molecular weight excluding hydrogens is 409 g/mol. The summed E-state index contributed by atoms with van der Waals surface area (Å²) < 4.78 is 16.1. The first-order chi connectivity index (χ1) is 13.1. The molecule has 2 aromatic heterocycles. The third kappa shape index (κ3) is 2.86. The van der Waals surface area contributed by atoms with Crippen LogP contribution in [0.1, 0.15) is 0 Å². The SMILES string of the molecule is O=c1oc2c(Cl)cc(Cl)cc2cc1-c1nc(-c2ccc3c(c2)OCO3)cs1. The summed E-state index contributed by atoms with van der Waals surface area (Å²) in [5, 5.41) is 3.83. The summed E-state index contributed by atoms with van der Waals surface area (Å²) in [7, 11) is 0. The van der Waals surface area contributed by atoms with Crippen molar-refractivity contribution in [3.05, 3.63) is 62.2 Å². The van der Waals surface area contributed by atoms with Gasteiger partial charge < -0.3 is 13.9 Å². The molecule has 5 nitrogen and oxygen atoms in total. The van der Waals surface area contributed by atoms with Crippen molar-refractivity contribution in [1.29, 1.82) is 0 Å². The first kappa shape index (κ1) is 16.6. The van der Waals surface area contributed by atoms with Crippen LogP contribution in [0.4, 0.5) is 0 Å². The van der Waals surface area contributed by atoms with E-state index in [2.05, 4.69) is 4.98 Å². The van der Waals surface area contributed by atoms with Crippen LogP contribution in [0.25, 0.3) is 32.8 Å².